The SMILES string of the molecule is Cc1c(F)cc(N)cc1S(=O)(=O)N1CCCC(C)(O)CC1. The largest absolute Gasteiger partial charge is 0.399 e. The molecule has 1 fully saturated rings. The van der Waals surface area contributed by atoms with Crippen LogP contribution >= 0.6 is 0 Å². The van der Waals surface area contributed by atoms with Gasteiger partial charge >= 0.3 is 0 Å². The van der Waals surface area contributed by atoms with Gasteiger partial charge in [0.1, 0.15) is 5.82 Å². The van der Waals surface area contributed by atoms with Gasteiger partial charge in [0.05, 0.1) is 10.5 Å². The fourth-order valence-corrected chi connectivity index (χ4v) is 4.31. The minimum atomic E-state index is -3.81. The first-order valence-electron chi connectivity index (χ1n) is 6.92. The Balaban J connectivity index is 2.39. The third-order valence-corrected chi connectivity index (χ3v) is 5.98. The fourth-order valence-electron chi connectivity index (χ4n) is 2.56. The highest BCUT2D eigenvalue weighted by Gasteiger charge is 2.32. The molecular formula is C14H21FN2O3S. The summed E-state index contributed by atoms with van der Waals surface area (Å²) in [6.45, 7) is 3.66. The number of benzene rings is 1. The first-order chi connectivity index (χ1) is 9.63. The van der Waals surface area contributed by atoms with Crippen molar-refractivity contribution in [1.29, 1.82) is 0 Å². The lowest BCUT2D eigenvalue weighted by molar-refractivity contribution is 0.0465. The van der Waals surface area contributed by atoms with E-state index in [0.29, 0.717) is 25.8 Å². The quantitative estimate of drug-likeness (QED) is 0.813. The summed E-state index contributed by atoms with van der Waals surface area (Å²) in [6, 6.07) is 2.40. The molecule has 0 spiro atoms. The number of hydrogen-bond acceptors (Lipinski definition) is 4. The molecule has 1 aromatic carbocycles. The van der Waals surface area contributed by atoms with Crippen molar-refractivity contribution in [3.05, 3.63) is 23.5 Å². The molecule has 0 saturated carbocycles. The smallest absolute Gasteiger partial charge is 0.243 e. The summed E-state index contributed by atoms with van der Waals surface area (Å²) >= 11 is 0. The summed E-state index contributed by atoms with van der Waals surface area (Å²) in [5.74, 6) is -0.629. The predicted molar refractivity (Wildman–Crippen MR) is 78.8 cm³/mol. The minimum Gasteiger partial charge on any atom is -0.399 e. The molecule has 3 N–H and O–H groups in total. The van der Waals surface area contributed by atoms with E-state index in [1.54, 1.807) is 6.92 Å². The summed E-state index contributed by atoms with van der Waals surface area (Å²) in [4.78, 5) is -0.0958. The molecular weight excluding hydrogens is 295 g/mol. The molecule has 1 atom stereocenters. The summed E-state index contributed by atoms with van der Waals surface area (Å²) < 4.78 is 40.4. The van der Waals surface area contributed by atoms with E-state index < -0.39 is 21.4 Å². The van der Waals surface area contributed by atoms with Gasteiger partial charge in [-0.15, -0.1) is 0 Å². The fraction of sp³-hybridized carbons (Fsp3) is 0.571. The number of anilines is 1. The molecule has 1 aliphatic rings. The minimum absolute atomic E-state index is 0.0696. The second kappa shape index (κ2) is 5.55. The summed E-state index contributed by atoms with van der Waals surface area (Å²) in [6.07, 6.45) is 1.47. The highest BCUT2D eigenvalue weighted by molar-refractivity contribution is 7.89. The van der Waals surface area contributed by atoms with Crippen LogP contribution in [0.3, 0.4) is 0 Å². The van der Waals surface area contributed by atoms with Gasteiger partial charge in [-0.05, 0) is 45.2 Å². The highest BCUT2D eigenvalue weighted by Crippen LogP contribution is 2.29. The van der Waals surface area contributed by atoms with Crippen LogP contribution in [0.2, 0.25) is 0 Å². The van der Waals surface area contributed by atoms with E-state index in [2.05, 4.69) is 0 Å². The Hall–Kier alpha value is -1.18. The van der Waals surface area contributed by atoms with Crippen molar-refractivity contribution in [3.63, 3.8) is 0 Å². The Morgan fingerprint density at radius 3 is 2.67 bits per heavy atom. The van der Waals surface area contributed by atoms with Crippen molar-refractivity contribution >= 4 is 15.7 Å². The molecule has 118 valence electrons. The molecule has 1 aromatic rings. The van der Waals surface area contributed by atoms with Gasteiger partial charge in [-0.3, -0.25) is 0 Å². The van der Waals surface area contributed by atoms with Crippen molar-refractivity contribution < 1.29 is 17.9 Å². The lowest BCUT2D eigenvalue weighted by Gasteiger charge is -2.23. The van der Waals surface area contributed by atoms with Crippen LogP contribution in [0.5, 0.6) is 0 Å². The molecule has 0 radical (unpaired) electrons. The van der Waals surface area contributed by atoms with Gasteiger partial charge in [0.25, 0.3) is 0 Å². The van der Waals surface area contributed by atoms with E-state index in [0.717, 1.165) is 6.07 Å². The molecule has 21 heavy (non-hydrogen) atoms. The third-order valence-electron chi connectivity index (χ3n) is 3.96. The van der Waals surface area contributed by atoms with Crippen molar-refractivity contribution in [3.8, 4) is 0 Å². The maximum atomic E-state index is 13.7. The Labute approximate surface area is 124 Å². The van der Waals surface area contributed by atoms with Gasteiger partial charge in [0.15, 0.2) is 0 Å². The van der Waals surface area contributed by atoms with E-state index in [1.165, 1.54) is 17.3 Å². The van der Waals surface area contributed by atoms with E-state index in [1.807, 2.05) is 0 Å². The average Bonchev–Trinajstić information content (AvgIpc) is 2.55. The van der Waals surface area contributed by atoms with Gasteiger partial charge in [0.2, 0.25) is 10.0 Å². The van der Waals surface area contributed by atoms with Crippen LogP contribution in [-0.4, -0.2) is 36.5 Å². The zero-order valence-corrected chi connectivity index (χ0v) is 13.1. The Bertz CT molecular complexity index is 644. The van der Waals surface area contributed by atoms with Gasteiger partial charge in [-0.1, -0.05) is 0 Å². The van der Waals surface area contributed by atoms with Crippen LogP contribution in [0.25, 0.3) is 0 Å². The third kappa shape index (κ3) is 3.36. The second-order valence-electron chi connectivity index (χ2n) is 5.88. The molecule has 1 aliphatic heterocycles. The van der Waals surface area contributed by atoms with Gasteiger partial charge in [-0.2, -0.15) is 4.31 Å². The number of nitrogens with zero attached hydrogens (tertiary/aromatic N) is 1. The van der Waals surface area contributed by atoms with Crippen LogP contribution in [0, 0.1) is 12.7 Å². The number of rotatable bonds is 2. The summed E-state index contributed by atoms with van der Waals surface area (Å²) in [5.41, 5.74) is 4.86. The standard InChI is InChI=1S/C14H21FN2O3S/c1-10-12(15)8-11(16)9-13(10)21(19,20)17-6-3-4-14(2,18)5-7-17/h8-9,18H,3-7,16H2,1-2H3. The van der Waals surface area contributed by atoms with E-state index >= 15 is 0 Å². The molecule has 7 heteroatoms. The van der Waals surface area contributed by atoms with Crippen LogP contribution < -0.4 is 5.73 Å². The van der Waals surface area contributed by atoms with Crippen LogP contribution in [0.1, 0.15) is 31.7 Å². The first kappa shape index (κ1) is 16.2. The Morgan fingerprint density at radius 2 is 2.00 bits per heavy atom. The molecule has 0 bridgehead atoms. The highest BCUT2D eigenvalue weighted by atomic mass is 32.2. The van der Waals surface area contributed by atoms with Crippen molar-refractivity contribution in [1.82, 2.24) is 4.31 Å². The molecule has 0 amide bonds. The number of halogens is 1. The number of nitrogen functional groups attached to an aromatic ring is 1. The predicted octanol–water partition coefficient (Wildman–Crippen LogP) is 1.64. The molecule has 1 saturated heterocycles. The van der Waals surface area contributed by atoms with E-state index in [4.69, 9.17) is 5.73 Å². The summed E-state index contributed by atoms with van der Waals surface area (Å²) in [7, 11) is -3.81. The van der Waals surface area contributed by atoms with Crippen LogP contribution in [0.15, 0.2) is 17.0 Å². The van der Waals surface area contributed by atoms with Crippen molar-refractivity contribution in [2.24, 2.45) is 0 Å². The Morgan fingerprint density at radius 1 is 1.33 bits per heavy atom. The second-order valence-corrected chi connectivity index (χ2v) is 7.79. The number of sulfonamides is 1. The topological polar surface area (TPSA) is 83.6 Å². The molecule has 5 nitrogen and oxygen atoms in total. The van der Waals surface area contributed by atoms with Crippen molar-refractivity contribution in [2.45, 2.75) is 43.6 Å². The normalized spacial score (nSPS) is 24.8. The Kier molecular flexibility index (Phi) is 4.28. The number of hydrogen-bond donors (Lipinski definition) is 2. The lowest BCUT2D eigenvalue weighted by Crippen LogP contribution is -2.34. The van der Waals surface area contributed by atoms with E-state index in [-0.39, 0.29) is 22.7 Å². The molecule has 0 aromatic heterocycles. The average molecular weight is 316 g/mol. The molecule has 1 heterocycles. The number of nitrogens with two attached hydrogens (primary N) is 1. The first-order valence-corrected chi connectivity index (χ1v) is 8.36. The zero-order chi connectivity index (χ0) is 15.8. The van der Waals surface area contributed by atoms with Crippen LogP contribution in [-0.2, 0) is 10.0 Å². The van der Waals surface area contributed by atoms with Gasteiger partial charge < -0.3 is 10.8 Å². The lowest BCUT2D eigenvalue weighted by atomic mass is 9.98. The molecule has 2 rings (SSSR count). The van der Waals surface area contributed by atoms with Gasteiger partial charge in [-0.25, -0.2) is 12.8 Å². The van der Waals surface area contributed by atoms with Crippen molar-refractivity contribution in [2.75, 3.05) is 18.8 Å². The maximum Gasteiger partial charge on any atom is 0.243 e. The maximum absolute atomic E-state index is 13.7. The molecule has 0 aliphatic carbocycles. The van der Waals surface area contributed by atoms with Gasteiger partial charge in [0, 0.05) is 24.3 Å². The van der Waals surface area contributed by atoms with Crippen LogP contribution in [0.4, 0.5) is 10.1 Å². The van der Waals surface area contributed by atoms with E-state index in [9.17, 15) is 17.9 Å². The monoisotopic (exact) mass is 316 g/mol. The molecule has 1 unspecified atom stereocenters. The number of aliphatic hydroxyl groups is 1. The summed E-state index contributed by atoms with van der Waals surface area (Å²) in [5, 5.41) is 10.0. The zero-order valence-electron chi connectivity index (χ0n) is 12.3.